The van der Waals surface area contributed by atoms with E-state index >= 15 is 0 Å². The number of anilines is 1. The molecule has 0 amide bonds. The van der Waals surface area contributed by atoms with Gasteiger partial charge >= 0.3 is 10.2 Å². The largest absolute Gasteiger partial charge is 0.378 e. The fourth-order valence-corrected chi connectivity index (χ4v) is 2.34. The topological polar surface area (TPSA) is 6.48 Å². The average Bonchev–Trinajstić information content (AvgIpc) is 2.33. The molecular formula is C13H19F5N2S. The van der Waals surface area contributed by atoms with Crippen molar-refractivity contribution in [3.05, 3.63) is 30.3 Å². The highest BCUT2D eigenvalue weighted by Crippen LogP contribution is 3.02. The summed E-state index contributed by atoms with van der Waals surface area (Å²) in [6.07, 6.45) is 0. The van der Waals surface area contributed by atoms with Gasteiger partial charge in [-0.15, -0.1) is 0 Å². The minimum atomic E-state index is -9.73. The predicted octanol–water partition coefficient (Wildman–Crippen LogP) is 5.33. The maximum atomic E-state index is 13.1. The Balaban J connectivity index is 3.57. The number of hydrogen-bond acceptors (Lipinski definition) is 2. The number of benzene rings is 1. The molecule has 0 radical (unpaired) electrons. The zero-order chi connectivity index (χ0) is 16.7. The molecule has 122 valence electrons. The van der Waals surface area contributed by atoms with Crippen molar-refractivity contribution in [2.45, 2.75) is 11.8 Å². The monoisotopic (exact) mass is 330 g/mol. The summed E-state index contributed by atoms with van der Waals surface area (Å²) in [6.45, 7) is 5.95. The van der Waals surface area contributed by atoms with Crippen LogP contribution >= 0.6 is 10.2 Å². The number of hydrogen-bond donors (Lipinski definition) is 0. The van der Waals surface area contributed by atoms with Crippen molar-refractivity contribution in [3.63, 3.8) is 0 Å². The first-order chi connectivity index (χ1) is 9.15. The van der Waals surface area contributed by atoms with Crippen molar-refractivity contribution in [1.82, 2.24) is 4.90 Å². The van der Waals surface area contributed by atoms with Gasteiger partial charge < -0.3 is 9.80 Å². The maximum Gasteiger partial charge on any atom is 0.310 e. The molecule has 0 aliphatic carbocycles. The molecule has 0 fully saturated rings. The van der Waals surface area contributed by atoms with Crippen LogP contribution in [0.3, 0.4) is 0 Å². The second-order valence-corrected chi connectivity index (χ2v) is 7.45. The van der Waals surface area contributed by atoms with E-state index in [9.17, 15) is 19.4 Å². The van der Waals surface area contributed by atoms with Crippen molar-refractivity contribution in [2.75, 3.05) is 32.6 Å². The fraction of sp³-hybridized carbons (Fsp3) is 0.385. The van der Waals surface area contributed by atoms with Crippen LogP contribution in [0.5, 0.6) is 0 Å². The molecular weight excluding hydrogens is 311 g/mol. The van der Waals surface area contributed by atoms with E-state index in [1.54, 1.807) is 18.9 Å². The molecule has 21 heavy (non-hydrogen) atoms. The number of rotatable bonds is 5. The second-order valence-electron chi connectivity index (χ2n) is 5.04. The highest BCUT2D eigenvalue weighted by molar-refractivity contribution is 8.45. The number of nitrogens with zero attached hydrogens (tertiary/aromatic N) is 2. The molecule has 0 saturated heterocycles. The summed E-state index contributed by atoms with van der Waals surface area (Å²) >= 11 is 0. The highest BCUT2D eigenvalue weighted by atomic mass is 32.5. The van der Waals surface area contributed by atoms with Crippen LogP contribution in [0.15, 0.2) is 29.7 Å². The standard InChI is InChI=1S/C13H19F5N2S/c1-6-20(5)10(2)11-7-12(19(3)4)9-13(8-11)21(14,15,16,17)18/h7-9H,2,6H2,1,3-5H3. The van der Waals surface area contributed by atoms with E-state index in [0.29, 0.717) is 18.7 Å². The first-order valence-electron chi connectivity index (χ1n) is 6.12. The zero-order valence-corrected chi connectivity index (χ0v) is 13.2. The molecule has 0 unspecified atom stereocenters. The minimum Gasteiger partial charge on any atom is -0.378 e. The molecule has 1 aromatic carbocycles. The Morgan fingerprint density at radius 3 is 1.95 bits per heavy atom. The Kier molecular flexibility index (Phi) is 3.80. The Morgan fingerprint density at radius 1 is 1.05 bits per heavy atom. The summed E-state index contributed by atoms with van der Waals surface area (Å²) in [5.74, 6) is 0. The molecule has 1 aromatic rings. The molecule has 0 heterocycles. The maximum absolute atomic E-state index is 13.1. The summed E-state index contributed by atoms with van der Waals surface area (Å²) in [5, 5.41) is 0. The summed E-state index contributed by atoms with van der Waals surface area (Å²) < 4.78 is 65.3. The molecule has 0 aliphatic heterocycles. The first-order valence-corrected chi connectivity index (χ1v) is 8.07. The van der Waals surface area contributed by atoms with Gasteiger partial charge in [-0.1, -0.05) is 26.0 Å². The lowest BCUT2D eigenvalue weighted by molar-refractivity contribution is 0.364. The summed E-state index contributed by atoms with van der Waals surface area (Å²) in [7, 11) is -5.13. The SMILES string of the molecule is C=C(c1cc(N(C)C)cc(S(F)(F)(F)(F)F)c1)N(C)CC. The van der Waals surface area contributed by atoms with Gasteiger partial charge in [0.25, 0.3) is 0 Å². The minimum absolute atomic E-state index is 0.0220. The van der Waals surface area contributed by atoms with Crippen molar-refractivity contribution >= 4 is 21.6 Å². The van der Waals surface area contributed by atoms with Crippen molar-refractivity contribution in [3.8, 4) is 0 Å². The summed E-state index contributed by atoms with van der Waals surface area (Å²) in [6, 6.07) is 2.33. The highest BCUT2D eigenvalue weighted by Gasteiger charge is 2.65. The van der Waals surface area contributed by atoms with Gasteiger partial charge in [-0.2, -0.15) is 0 Å². The van der Waals surface area contributed by atoms with E-state index in [1.165, 1.54) is 25.1 Å². The Labute approximate surface area is 121 Å². The third kappa shape index (κ3) is 4.26. The zero-order valence-electron chi connectivity index (χ0n) is 12.3. The van der Waals surface area contributed by atoms with Gasteiger partial charge in [0.2, 0.25) is 0 Å². The van der Waals surface area contributed by atoms with Crippen LogP contribution < -0.4 is 4.90 Å². The Hall–Kier alpha value is -1.44. The van der Waals surface area contributed by atoms with Crippen molar-refractivity contribution in [1.29, 1.82) is 0 Å². The molecule has 0 aromatic heterocycles. The molecule has 2 nitrogen and oxygen atoms in total. The summed E-state index contributed by atoms with van der Waals surface area (Å²) in [5.41, 5.74) is 0.319. The Morgan fingerprint density at radius 2 is 1.57 bits per heavy atom. The lowest BCUT2D eigenvalue weighted by atomic mass is 10.1. The summed E-state index contributed by atoms with van der Waals surface area (Å²) in [4.78, 5) is 1.03. The van der Waals surface area contributed by atoms with Gasteiger partial charge in [-0.05, 0) is 25.1 Å². The normalized spacial score (nSPS) is 15.1. The van der Waals surface area contributed by atoms with Crippen LogP contribution in [-0.2, 0) is 0 Å². The van der Waals surface area contributed by atoms with Gasteiger partial charge in [0.05, 0.1) is 0 Å². The third-order valence-corrected chi connectivity index (χ3v) is 4.25. The molecule has 0 saturated carbocycles. The van der Waals surface area contributed by atoms with Crippen LogP contribution in [-0.4, -0.2) is 32.6 Å². The first kappa shape index (κ1) is 17.6. The van der Waals surface area contributed by atoms with Crippen LogP contribution in [0.1, 0.15) is 12.5 Å². The van der Waals surface area contributed by atoms with E-state index in [4.69, 9.17) is 0 Å². The molecule has 0 atom stereocenters. The van der Waals surface area contributed by atoms with Gasteiger partial charge in [0.1, 0.15) is 4.90 Å². The average molecular weight is 330 g/mol. The van der Waals surface area contributed by atoms with Crippen LogP contribution in [0.4, 0.5) is 25.1 Å². The van der Waals surface area contributed by atoms with Crippen molar-refractivity contribution < 1.29 is 19.4 Å². The van der Waals surface area contributed by atoms with E-state index in [2.05, 4.69) is 6.58 Å². The van der Waals surface area contributed by atoms with Gasteiger partial charge in [-0.3, -0.25) is 0 Å². The third-order valence-electron chi connectivity index (χ3n) is 3.12. The molecule has 0 spiro atoms. The smallest absolute Gasteiger partial charge is 0.310 e. The Bertz CT molecular complexity index is 565. The second kappa shape index (κ2) is 4.53. The van der Waals surface area contributed by atoms with E-state index in [-0.39, 0.29) is 16.9 Å². The van der Waals surface area contributed by atoms with Crippen LogP contribution in [0.2, 0.25) is 0 Å². The van der Waals surface area contributed by atoms with E-state index in [1.807, 2.05) is 0 Å². The van der Waals surface area contributed by atoms with Gasteiger partial charge in [0.15, 0.2) is 0 Å². The number of halogens is 5. The van der Waals surface area contributed by atoms with Crippen molar-refractivity contribution in [2.24, 2.45) is 0 Å². The predicted molar refractivity (Wildman–Crippen MR) is 79.5 cm³/mol. The van der Waals surface area contributed by atoms with Gasteiger partial charge in [-0.25, -0.2) is 0 Å². The van der Waals surface area contributed by atoms with Crippen LogP contribution in [0, 0.1) is 0 Å². The molecule has 0 bridgehead atoms. The van der Waals surface area contributed by atoms with E-state index < -0.39 is 15.1 Å². The fourth-order valence-electron chi connectivity index (χ4n) is 1.64. The van der Waals surface area contributed by atoms with E-state index in [0.717, 1.165) is 0 Å². The van der Waals surface area contributed by atoms with Crippen LogP contribution in [0.25, 0.3) is 5.70 Å². The van der Waals surface area contributed by atoms with Gasteiger partial charge in [0, 0.05) is 44.6 Å². The molecule has 0 aliphatic rings. The lowest BCUT2D eigenvalue weighted by Crippen LogP contribution is -2.17. The molecule has 0 N–H and O–H groups in total. The lowest BCUT2D eigenvalue weighted by Gasteiger charge is -2.41. The quantitative estimate of drug-likeness (QED) is 0.673. The molecule has 8 heteroatoms. The molecule has 1 rings (SSSR count).